The monoisotopic (exact) mass is 364 g/mol. The first-order valence-corrected chi connectivity index (χ1v) is 8.20. The number of hydrogen-bond acceptors (Lipinski definition) is 6. The Hall–Kier alpha value is -1.40. The Balaban J connectivity index is -0.000000156. The molecule has 0 aromatic carbocycles. The van der Waals surface area contributed by atoms with Gasteiger partial charge in [-0.3, -0.25) is 4.79 Å². The van der Waals surface area contributed by atoms with Crippen LogP contribution in [-0.4, -0.2) is 52.6 Å². The second kappa shape index (κ2) is 20.6. The molecule has 0 heterocycles. The van der Waals surface area contributed by atoms with Crippen LogP contribution in [0.5, 0.6) is 0 Å². The third-order valence-corrected chi connectivity index (χ3v) is 2.83. The van der Waals surface area contributed by atoms with E-state index in [9.17, 15) is 9.59 Å². The lowest BCUT2D eigenvalue weighted by Crippen LogP contribution is -2.26. The molecular formula is C19H40O6. The van der Waals surface area contributed by atoms with Crippen LogP contribution in [0.2, 0.25) is 0 Å². The summed E-state index contributed by atoms with van der Waals surface area (Å²) in [6.45, 7) is 16.3. The van der Waals surface area contributed by atoms with Gasteiger partial charge in [0, 0.05) is 19.8 Å². The third kappa shape index (κ3) is 20.6. The van der Waals surface area contributed by atoms with Crippen LogP contribution in [0.25, 0.3) is 0 Å². The molecule has 152 valence electrons. The molecule has 0 fully saturated rings. The molecule has 0 radical (unpaired) electrons. The lowest BCUT2D eigenvalue weighted by atomic mass is 9.91. The maximum atomic E-state index is 11.3. The van der Waals surface area contributed by atoms with Gasteiger partial charge in [0.2, 0.25) is 0 Å². The topological polar surface area (TPSA) is 71.1 Å². The van der Waals surface area contributed by atoms with E-state index in [0.29, 0.717) is 32.0 Å². The highest BCUT2D eigenvalue weighted by Crippen LogP contribution is 2.21. The molecule has 0 unspecified atom stereocenters. The van der Waals surface area contributed by atoms with Crippen LogP contribution in [0.1, 0.15) is 55.4 Å². The van der Waals surface area contributed by atoms with Crippen molar-refractivity contribution < 1.29 is 28.5 Å². The fourth-order valence-corrected chi connectivity index (χ4v) is 0.898. The fraction of sp³-hybridized carbons (Fsp3) is 0.789. The van der Waals surface area contributed by atoms with Crippen molar-refractivity contribution in [3.63, 3.8) is 0 Å². The highest BCUT2D eigenvalue weighted by atomic mass is 16.6. The first kappa shape index (κ1) is 31.4. The normalized spacial score (nSPS) is 9.28. The van der Waals surface area contributed by atoms with Gasteiger partial charge in [0.05, 0.1) is 18.6 Å². The quantitative estimate of drug-likeness (QED) is 0.349. The van der Waals surface area contributed by atoms with Crippen LogP contribution in [0.3, 0.4) is 0 Å². The van der Waals surface area contributed by atoms with E-state index in [-0.39, 0.29) is 24.8 Å². The van der Waals surface area contributed by atoms with Crippen molar-refractivity contribution in [2.45, 2.75) is 55.4 Å². The fourth-order valence-electron chi connectivity index (χ4n) is 0.898. The second-order valence-electron chi connectivity index (χ2n) is 5.28. The average molecular weight is 365 g/mol. The van der Waals surface area contributed by atoms with Gasteiger partial charge in [-0.2, -0.15) is 0 Å². The molecule has 0 spiro atoms. The summed E-state index contributed by atoms with van der Waals surface area (Å²) < 4.78 is 19.1. The summed E-state index contributed by atoms with van der Waals surface area (Å²) in [6.07, 6.45) is 0.790. The van der Waals surface area contributed by atoms with Gasteiger partial charge in [-0.1, -0.05) is 34.8 Å². The van der Waals surface area contributed by atoms with Crippen LogP contribution in [0.15, 0.2) is 12.2 Å². The number of ether oxygens (including phenoxy) is 4. The third-order valence-electron chi connectivity index (χ3n) is 2.83. The van der Waals surface area contributed by atoms with Crippen molar-refractivity contribution >= 4 is 11.9 Å². The molecule has 25 heavy (non-hydrogen) atoms. The molecule has 0 N–H and O–H groups in total. The minimum absolute atomic E-state index is 0. The number of rotatable bonds is 9. The lowest BCUT2D eigenvalue weighted by molar-refractivity contribution is -0.155. The highest BCUT2D eigenvalue weighted by Gasteiger charge is 2.26. The Morgan fingerprint density at radius 3 is 1.64 bits per heavy atom. The van der Waals surface area contributed by atoms with E-state index >= 15 is 0 Å². The van der Waals surface area contributed by atoms with Gasteiger partial charge in [0.15, 0.2) is 0 Å². The predicted octanol–water partition coefficient (Wildman–Crippen LogP) is 4.03. The molecule has 0 saturated carbocycles. The van der Waals surface area contributed by atoms with E-state index in [1.54, 1.807) is 21.1 Å². The van der Waals surface area contributed by atoms with Gasteiger partial charge in [0.25, 0.3) is 0 Å². The Morgan fingerprint density at radius 1 is 0.920 bits per heavy atom. The van der Waals surface area contributed by atoms with Gasteiger partial charge >= 0.3 is 11.9 Å². The lowest BCUT2D eigenvalue weighted by Gasteiger charge is -2.19. The average Bonchev–Trinajstić information content (AvgIpc) is 2.57. The van der Waals surface area contributed by atoms with Crippen molar-refractivity contribution in [2.24, 2.45) is 5.41 Å². The molecule has 0 rings (SSSR count). The summed E-state index contributed by atoms with van der Waals surface area (Å²) in [6, 6.07) is 0. The first-order chi connectivity index (χ1) is 11.2. The van der Waals surface area contributed by atoms with E-state index in [1.165, 1.54) is 0 Å². The summed E-state index contributed by atoms with van der Waals surface area (Å²) in [5, 5.41) is 0. The number of carbonyl (C=O) groups excluding carboxylic acids is 2. The number of hydrogen-bond donors (Lipinski definition) is 0. The van der Waals surface area contributed by atoms with E-state index in [2.05, 4.69) is 16.1 Å². The molecule has 0 aliphatic heterocycles. The van der Waals surface area contributed by atoms with E-state index < -0.39 is 0 Å². The molecule has 0 atom stereocenters. The van der Waals surface area contributed by atoms with Gasteiger partial charge < -0.3 is 18.9 Å². The first-order valence-electron chi connectivity index (χ1n) is 8.20. The highest BCUT2D eigenvalue weighted by molar-refractivity contribution is 5.86. The molecule has 6 nitrogen and oxygen atoms in total. The van der Waals surface area contributed by atoms with Crippen molar-refractivity contribution in [3.8, 4) is 0 Å². The molecule has 0 aromatic heterocycles. The standard InChI is InChI=1S/C9H18O3.C7H12O3.C2H6.CH4/c1-5-9(2,3)8(10)12-7-6-11-4;1-6(2)7(8)10-5-4-9-3;1-2;/h5-7H2,1-4H3;1,4-5H2,2-3H3;1-2H3;1H4. The maximum Gasteiger partial charge on any atom is 0.333 e. The number of esters is 2. The Labute approximate surface area is 154 Å². The summed E-state index contributed by atoms with van der Waals surface area (Å²) in [4.78, 5) is 21.9. The molecule has 0 aromatic rings. The molecule has 6 heteroatoms. The van der Waals surface area contributed by atoms with Gasteiger partial charge in [-0.25, -0.2) is 4.79 Å². The van der Waals surface area contributed by atoms with Crippen molar-refractivity contribution in [1.82, 2.24) is 0 Å². The molecule has 0 saturated heterocycles. The number of methoxy groups -OCH3 is 2. The summed E-state index contributed by atoms with van der Waals surface area (Å²) in [5.74, 6) is -0.515. The number of carbonyl (C=O) groups is 2. The smallest absolute Gasteiger partial charge is 0.333 e. The molecular weight excluding hydrogens is 324 g/mol. The maximum absolute atomic E-state index is 11.3. The Kier molecular flexibility index (Phi) is 25.9. The Morgan fingerprint density at radius 2 is 1.32 bits per heavy atom. The van der Waals surface area contributed by atoms with Crippen LogP contribution >= 0.6 is 0 Å². The van der Waals surface area contributed by atoms with Gasteiger partial charge in [0.1, 0.15) is 13.2 Å². The SMILES string of the molecule is C.C=C(C)C(=O)OCCOC.CC.CCC(C)(C)C(=O)OCCOC. The summed E-state index contributed by atoms with van der Waals surface area (Å²) >= 11 is 0. The van der Waals surface area contributed by atoms with Gasteiger partial charge in [-0.05, 0) is 27.2 Å². The zero-order chi connectivity index (χ0) is 19.6. The van der Waals surface area contributed by atoms with Crippen LogP contribution in [0.4, 0.5) is 0 Å². The largest absolute Gasteiger partial charge is 0.463 e. The Bertz CT molecular complexity index is 337. The van der Waals surface area contributed by atoms with Crippen molar-refractivity contribution in [1.29, 1.82) is 0 Å². The zero-order valence-electron chi connectivity index (χ0n) is 16.7. The van der Waals surface area contributed by atoms with Crippen molar-refractivity contribution in [2.75, 3.05) is 40.6 Å². The molecule has 0 aliphatic carbocycles. The van der Waals surface area contributed by atoms with Crippen molar-refractivity contribution in [3.05, 3.63) is 12.2 Å². The molecule has 0 amide bonds. The van der Waals surface area contributed by atoms with E-state index in [0.717, 1.165) is 6.42 Å². The van der Waals surface area contributed by atoms with E-state index in [4.69, 9.17) is 9.47 Å². The predicted molar refractivity (Wildman–Crippen MR) is 103 cm³/mol. The van der Waals surface area contributed by atoms with Crippen LogP contribution in [-0.2, 0) is 28.5 Å². The zero-order valence-corrected chi connectivity index (χ0v) is 16.7. The minimum Gasteiger partial charge on any atom is -0.463 e. The second-order valence-corrected chi connectivity index (χ2v) is 5.28. The van der Waals surface area contributed by atoms with Crippen LogP contribution < -0.4 is 0 Å². The van der Waals surface area contributed by atoms with Gasteiger partial charge in [-0.15, -0.1) is 0 Å². The summed E-state index contributed by atoms with van der Waals surface area (Å²) in [7, 11) is 3.13. The summed E-state index contributed by atoms with van der Waals surface area (Å²) in [5.41, 5.74) is 0.0457. The molecule has 0 bridgehead atoms. The molecule has 0 aliphatic rings. The minimum atomic E-state index is -0.367. The van der Waals surface area contributed by atoms with E-state index in [1.807, 2.05) is 34.6 Å². The van der Waals surface area contributed by atoms with Crippen LogP contribution in [0, 0.1) is 5.41 Å².